The molecule has 11 heteroatoms. The molecule has 2 N–H and O–H groups in total. The zero-order valence-corrected chi connectivity index (χ0v) is 18.0. The number of nitrogens with two attached hydrogens (primary N) is 1. The van der Waals surface area contributed by atoms with E-state index in [0.717, 1.165) is 25.0 Å². The molecule has 1 fully saturated rings. The molecule has 1 atom stereocenters. The lowest BCUT2D eigenvalue weighted by Gasteiger charge is -2.32. The fourth-order valence-corrected chi connectivity index (χ4v) is 3.82. The normalized spacial score (nSPS) is 16.1. The van der Waals surface area contributed by atoms with Gasteiger partial charge in [0.2, 0.25) is 5.91 Å². The zero-order chi connectivity index (χ0) is 24.3. The number of fused-ring (bicyclic) bond motifs is 1. The maximum atomic E-state index is 12.9. The van der Waals surface area contributed by atoms with Gasteiger partial charge in [0.15, 0.2) is 5.65 Å². The van der Waals surface area contributed by atoms with Crippen LogP contribution in [0.4, 0.5) is 19.0 Å². The van der Waals surface area contributed by atoms with Gasteiger partial charge in [-0.05, 0) is 43.0 Å². The van der Waals surface area contributed by atoms with Gasteiger partial charge in [-0.2, -0.15) is 18.3 Å². The fraction of sp³-hybridized carbons (Fsp3) is 0.304. The Bertz CT molecular complexity index is 1290. The third-order valence-electron chi connectivity index (χ3n) is 5.43. The second-order valence-corrected chi connectivity index (χ2v) is 7.65. The van der Waals surface area contributed by atoms with Gasteiger partial charge in [-0.3, -0.25) is 4.79 Å². The molecule has 1 aliphatic heterocycles. The SMILES string of the molecule is C=CC(=O)N1CCCC(n2nc(C#CCOc3cccc(C(F)(F)F)c3)c3c(N)ncnc32)C1. The minimum absolute atomic E-state index is 0.0524. The first kappa shape index (κ1) is 23.1. The van der Waals surface area contributed by atoms with Crippen molar-refractivity contribution >= 4 is 22.8 Å². The Morgan fingerprint density at radius 1 is 1.35 bits per heavy atom. The molecule has 0 radical (unpaired) electrons. The van der Waals surface area contributed by atoms with Crippen molar-refractivity contribution in [2.45, 2.75) is 25.1 Å². The number of alkyl halides is 3. The Morgan fingerprint density at radius 2 is 2.18 bits per heavy atom. The van der Waals surface area contributed by atoms with Gasteiger partial charge in [-0.1, -0.05) is 18.6 Å². The number of carbonyl (C=O) groups is 1. The second kappa shape index (κ2) is 9.43. The van der Waals surface area contributed by atoms with Crippen LogP contribution < -0.4 is 10.5 Å². The van der Waals surface area contributed by atoms with E-state index in [0.29, 0.717) is 29.8 Å². The van der Waals surface area contributed by atoms with Gasteiger partial charge in [0, 0.05) is 13.1 Å². The van der Waals surface area contributed by atoms with Gasteiger partial charge in [0.05, 0.1) is 17.0 Å². The molecular formula is C23H21F3N6O2. The maximum Gasteiger partial charge on any atom is 0.416 e. The number of piperidine rings is 1. The highest BCUT2D eigenvalue weighted by Gasteiger charge is 2.30. The molecule has 34 heavy (non-hydrogen) atoms. The topological polar surface area (TPSA) is 99.2 Å². The summed E-state index contributed by atoms with van der Waals surface area (Å²) in [4.78, 5) is 22.1. The lowest BCUT2D eigenvalue weighted by Crippen LogP contribution is -2.40. The van der Waals surface area contributed by atoms with Crippen molar-refractivity contribution in [2.75, 3.05) is 25.4 Å². The molecule has 0 saturated carbocycles. The fourth-order valence-electron chi connectivity index (χ4n) is 3.82. The molecule has 4 rings (SSSR count). The molecule has 1 amide bonds. The predicted molar refractivity (Wildman–Crippen MR) is 119 cm³/mol. The van der Waals surface area contributed by atoms with Crippen LogP contribution in [0.15, 0.2) is 43.2 Å². The highest BCUT2D eigenvalue weighted by atomic mass is 19.4. The van der Waals surface area contributed by atoms with Crippen LogP contribution >= 0.6 is 0 Å². The summed E-state index contributed by atoms with van der Waals surface area (Å²) < 4.78 is 45.7. The molecule has 3 heterocycles. The lowest BCUT2D eigenvalue weighted by molar-refractivity contribution is -0.137. The maximum absolute atomic E-state index is 12.9. The smallest absolute Gasteiger partial charge is 0.416 e. The number of anilines is 1. The van der Waals surface area contributed by atoms with Crippen LogP contribution in [0, 0.1) is 11.8 Å². The Hall–Kier alpha value is -4.07. The largest absolute Gasteiger partial charge is 0.481 e. The van der Waals surface area contributed by atoms with Gasteiger partial charge in [-0.15, -0.1) is 0 Å². The van der Waals surface area contributed by atoms with E-state index < -0.39 is 11.7 Å². The number of rotatable bonds is 4. The number of likely N-dealkylation sites (tertiary alicyclic amines) is 1. The van der Waals surface area contributed by atoms with E-state index in [2.05, 4.69) is 33.5 Å². The summed E-state index contributed by atoms with van der Waals surface area (Å²) in [7, 11) is 0. The van der Waals surface area contributed by atoms with E-state index in [1.807, 2.05) is 0 Å². The van der Waals surface area contributed by atoms with Crippen LogP contribution in [-0.2, 0) is 11.0 Å². The highest BCUT2D eigenvalue weighted by molar-refractivity contribution is 5.90. The average molecular weight is 470 g/mol. The number of aromatic nitrogens is 4. The van der Waals surface area contributed by atoms with E-state index in [4.69, 9.17) is 10.5 Å². The molecule has 0 spiro atoms. The van der Waals surface area contributed by atoms with Crippen molar-refractivity contribution in [3.63, 3.8) is 0 Å². The number of hydrogen-bond donors (Lipinski definition) is 1. The monoisotopic (exact) mass is 470 g/mol. The molecule has 2 aromatic heterocycles. The Morgan fingerprint density at radius 3 is 2.94 bits per heavy atom. The molecule has 1 unspecified atom stereocenters. The van der Waals surface area contributed by atoms with Crippen LogP contribution in [-0.4, -0.2) is 50.3 Å². The van der Waals surface area contributed by atoms with E-state index in [1.165, 1.54) is 24.5 Å². The van der Waals surface area contributed by atoms with E-state index in [1.54, 1.807) is 9.58 Å². The number of hydrogen-bond acceptors (Lipinski definition) is 6. The molecule has 3 aromatic rings. The minimum atomic E-state index is -4.46. The Balaban J connectivity index is 1.57. The lowest BCUT2D eigenvalue weighted by atomic mass is 10.1. The van der Waals surface area contributed by atoms with Gasteiger partial charge in [0.1, 0.15) is 30.2 Å². The minimum Gasteiger partial charge on any atom is -0.481 e. The van der Waals surface area contributed by atoms with Crippen molar-refractivity contribution in [2.24, 2.45) is 0 Å². The summed E-state index contributed by atoms with van der Waals surface area (Å²) in [5.41, 5.74) is 6.08. The first-order valence-electron chi connectivity index (χ1n) is 10.5. The van der Waals surface area contributed by atoms with Crippen molar-refractivity contribution < 1.29 is 22.7 Å². The quantitative estimate of drug-likeness (QED) is 0.465. The van der Waals surface area contributed by atoms with Crippen molar-refractivity contribution in [3.8, 4) is 17.6 Å². The van der Waals surface area contributed by atoms with Crippen molar-refractivity contribution in [1.29, 1.82) is 0 Å². The Labute approximate surface area is 193 Å². The summed E-state index contributed by atoms with van der Waals surface area (Å²) in [6.45, 7) is 4.46. The van der Waals surface area contributed by atoms with E-state index >= 15 is 0 Å². The van der Waals surface area contributed by atoms with Crippen molar-refractivity contribution in [1.82, 2.24) is 24.6 Å². The summed E-state index contributed by atoms with van der Waals surface area (Å²) in [6, 6.07) is 4.44. The molecule has 1 aliphatic rings. The number of amides is 1. The number of carbonyl (C=O) groups excluding carboxylic acids is 1. The molecule has 0 bridgehead atoms. The summed E-state index contributed by atoms with van der Waals surface area (Å²) in [5, 5.41) is 5.05. The van der Waals surface area contributed by atoms with Crippen molar-refractivity contribution in [3.05, 3.63) is 54.5 Å². The molecule has 1 saturated heterocycles. The molecule has 1 aromatic carbocycles. The first-order valence-corrected chi connectivity index (χ1v) is 10.5. The van der Waals surface area contributed by atoms with Crippen LogP contribution in [0.1, 0.15) is 30.1 Å². The van der Waals surface area contributed by atoms with Crippen LogP contribution in [0.3, 0.4) is 0 Å². The number of nitrogen functional groups attached to an aromatic ring is 1. The molecule has 0 aliphatic carbocycles. The molecule has 176 valence electrons. The number of ether oxygens (including phenoxy) is 1. The molecule has 8 nitrogen and oxygen atoms in total. The van der Waals surface area contributed by atoms with Crippen LogP contribution in [0.5, 0.6) is 5.75 Å². The van der Waals surface area contributed by atoms with E-state index in [-0.39, 0.29) is 30.1 Å². The summed E-state index contributed by atoms with van der Waals surface area (Å²) in [5.74, 6) is 5.73. The number of benzene rings is 1. The van der Waals surface area contributed by atoms with Crippen LogP contribution in [0.25, 0.3) is 11.0 Å². The Kier molecular flexibility index (Phi) is 6.40. The average Bonchev–Trinajstić information content (AvgIpc) is 3.21. The second-order valence-electron chi connectivity index (χ2n) is 7.65. The van der Waals surface area contributed by atoms with Gasteiger partial charge >= 0.3 is 6.18 Å². The van der Waals surface area contributed by atoms with Crippen LogP contribution in [0.2, 0.25) is 0 Å². The molecular weight excluding hydrogens is 449 g/mol. The van der Waals surface area contributed by atoms with Gasteiger partial charge in [0.25, 0.3) is 0 Å². The third kappa shape index (κ3) is 4.80. The van der Waals surface area contributed by atoms with E-state index in [9.17, 15) is 18.0 Å². The highest BCUT2D eigenvalue weighted by Crippen LogP contribution is 2.31. The standard InChI is InChI=1S/C23H21F3N6O2/c1-2-19(33)31-10-4-7-16(13-31)32-22-20(21(27)28-14-29-22)18(30-32)9-5-11-34-17-8-3-6-15(12-17)23(24,25)26/h2-3,6,8,12,14,16H,1,4,7,10-11,13H2,(H2,27,28,29). The predicted octanol–water partition coefficient (Wildman–Crippen LogP) is 3.21. The van der Waals surface area contributed by atoms with Gasteiger partial charge in [-0.25, -0.2) is 14.6 Å². The number of halogens is 3. The third-order valence-corrected chi connectivity index (χ3v) is 5.43. The number of nitrogens with zero attached hydrogens (tertiary/aromatic N) is 5. The van der Waals surface area contributed by atoms with Gasteiger partial charge < -0.3 is 15.4 Å². The first-order chi connectivity index (χ1) is 16.3. The summed E-state index contributed by atoms with van der Waals surface area (Å²) >= 11 is 0. The zero-order valence-electron chi connectivity index (χ0n) is 18.0. The summed E-state index contributed by atoms with van der Waals surface area (Å²) in [6.07, 6.45) is -0.269.